The lowest BCUT2D eigenvalue weighted by molar-refractivity contribution is 0.0944. The van der Waals surface area contributed by atoms with E-state index in [0.29, 0.717) is 10.6 Å². The molecule has 144 valence electrons. The number of anilines is 1. The largest absolute Gasteiger partial charge is 0.350 e. The second-order valence-electron chi connectivity index (χ2n) is 6.52. The van der Waals surface area contributed by atoms with Gasteiger partial charge in [-0.15, -0.1) is 0 Å². The van der Waals surface area contributed by atoms with E-state index in [1.165, 1.54) is 24.3 Å². The van der Waals surface area contributed by atoms with Gasteiger partial charge in [0.05, 0.1) is 16.1 Å². The zero-order valence-electron chi connectivity index (χ0n) is 15.5. The summed E-state index contributed by atoms with van der Waals surface area (Å²) < 4.78 is 23.5. The van der Waals surface area contributed by atoms with Gasteiger partial charge in [-0.2, -0.15) is 0 Å². The fraction of sp³-hybridized carbons (Fsp3) is 0.263. The zero-order valence-corrected chi connectivity index (χ0v) is 17.0. The Morgan fingerprint density at radius 1 is 1.00 bits per heavy atom. The number of hydrogen-bond donors (Lipinski definition) is 2. The highest BCUT2D eigenvalue weighted by Crippen LogP contribution is 2.23. The Labute approximate surface area is 163 Å². The number of amides is 2. The minimum absolute atomic E-state index is 0.0436. The van der Waals surface area contributed by atoms with Gasteiger partial charge in [-0.3, -0.25) is 9.59 Å². The third kappa shape index (κ3) is 5.30. The van der Waals surface area contributed by atoms with Crippen molar-refractivity contribution in [1.29, 1.82) is 0 Å². The van der Waals surface area contributed by atoms with Gasteiger partial charge < -0.3 is 10.6 Å². The average molecular weight is 409 g/mol. The molecule has 2 aromatic rings. The van der Waals surface area contributed by atoms with Crippen LogP contribution in [0.2, 0.25) is 5.02 Å². The first-order valence-corrected chi connectivity index (χ1v) is 10.5. The first-order valence-electron chi connectivity index (χ1n) is 8.21. The summed E-state index contributed by atoms with van der Waals surface area (Å²) in [4.78, 5) is 25.2. The summed E-state index contributed by atoms with van der Waals surface area (Å²) in [6, 6.07) is 8.81. The Kier molecular flexibility index (Phi) is 6.28. The molecule has 2 rings (SSSR count). The highest BCUT2D eigenvalue weighted by Gasteiger charge is 2.18. The van der Waals surface area contributed by atoms with Gasteiger partial charge in [0.25, 0.3) is 11.8 Å². The maximum absolute atomic E-state index is 12.7. The van der Waals surface area contributed by atoms with E-state index < -0.39 is 15.7 Å². The molecule has 0 aliphatic carbocycles. The Morgan fingerprint density at radius 3 is 2.26 bits per heavy atom. The van der Waals surface area contributed by atoms with Gasteiger partial charge in [-0.1, -0.05) is 17.7 Å². The smallest absolute Gasteiger partial charge is 0.255 e. The van der Waals surface area contributed by atoms with Crippen molar-refractivity contribution in [3.05, 3.63) is 58.1 Å². The van der Waals surface area contributed by atoms with Crippen LogP contribution >= 0.6 is 11.6 Å². The molecule has 0 heterocycles. The molecule has 0 aliphatic heterocycles. The summed E-state index contributed by atoms with van der Waals surface area (Å²) in [5.74, 6) is -0.877. The van der Waals surface area contributed by atoms with E-state index in [-0.39, 0.29) is 33.7 Å². The van der Waals surface area contributed by atoms with Crippen LogP contribution < -0.4 is 10.6 Å². The maximum atomic E-state index is 12.7. The number of carbonyl (C=O) groups is 2. The summed E-state index contributed by atoms with van der Waals surface area (Å²) in [6.07, 6.45) is 1.07. The molecule has 0 saturated carbocycles. The van der Waals surface area contributed by atoms with E-state index in [0.717, 1.165) is 6.26 Å². The van der Waals surface area contributed by atoms with Crippen LogP contribution in [0.1, 0.15) is 40.1 Å². The molecule has 0 unspecified atom stereocenters. The fourth-order valence-electron chi connectivity index (χ4n) is 2.42. The van der Waals surface area contributed by atoms with Gasteiger partial charge in [-0.05, 0) is 56.7 Å². The Hall–Kier alpha value is -2.38. The van der Waals surface area contributed by atoms with Crippen molar-refractivity contribution < 1.29 is 18.0 Å². The van der Waals surface area contributed by atoms with Gasteiger partial charge in [0.15, 0.2) is 9.84 Å². The quantitative estimate of drug-likeness (QED) is 0.792. The Balaban J connectivity index is 2.41. The molecule has 0 bridgehead atoms. The lowest BCUT2D eigenvalue weighted by Gasteiger charge is -2.14. The molecule has 0 aliphatic rings. The predicted molar refractivity (Wildman–Crippen MR) is 106 cm³/mol. The summed E-state index contributed by atoms with van der Waals surface area (Å²) >= 11 is 6.01. The summed E-state index contributed by atoms with van der Waals surface area (Å²) in [7, 11) is -3.46. The van der Waals surface area contributed by atoms with Crippen molar-refractivity contribution in [3.8, 4) is 0 Å². The van der Waals surface area contributed by atoms with Crippen molar-refractivity contribution >= 4 is 38.9 Å². The average Bonchev–Trinajstić information content (AvgIpc) is 2.53. The molecular weight excluding hydrogens is 388 g/mol. The number of aryl methyl sites for hydroxylation is 1. The molecule has 2 amide bonds. The first-order chi connectivity index (χ1) is 12.5. The second-order valence-corrected chi connectivity index (χ2v) is 8.97. The van der Waals surface area contributed by atoms with Crippen molar-refractivity contribution in [2.24, 2.45) is 0 Å². The van der Waals surface area contributed by atoms with Gasteiger partial charge in [0.1, 0.15) is 0 Å². The number of benzene rings is 2. The molecule has 6 nitrogen and oxygen atoms in total. The third-order valence-electron chi connectivity index (χ3n) is 3.78. The van der Waals surface area contributed by atoms with Crippen LogP contribution in [0.3, 0.4) is 0 Å². The van der Waals surface area contributed by atoms with E-state index in [1.54, 1.807) is 19.1 Å². The minimum atomic E-state index is -3.46. The van der Waals surface area contributed by atoms with E-state index in [4.69, 9.17) is 11.6 Å². The van der Waals surface area contributed by atoms with Crippen LogP contribution in [0, 0.1) is 6.92 Å². The SMILES string of the molecule is Cc1ccc(S(C)(=O)=O)cc1C(=O)Nc1cc(Cl)ccc1C(=O)NC(C)C. The summed E-state index contributed by atoms with van der Waals surface area (Å²) in [5.41, 5.74) is 1.32. The van der Waals surface area contributed by atoms with Crippen LogP contribution in [-0.2, 0) is 9.84 Å². The van der Waals surface area contributed by atoms with Crippen LogP contribution in [0.5, 0.6) is 0 Å². The molecule has 0 radical (unpaired) electrons. The minimum Gasteiger partial charge on any atom is -0.350 e. The number of carbonyl (C=O) groups excluding carboxylic acids is 2. The predicted octanol–water partition coefficient (Wildman–Crippen LogP) is 3.44. The van der Waals surface area contributed by atoms with Crippen LogP contribution in [0.25, 0.3) is 0 Å². The van der Waals surface area contributed by atoms with Gasteiger partial charge in [-0.25, -0.2) is 8.42 Å². The molecule has 0 aromatic heterocycles. The number of halogens is 1. The Bertz CT molecular complexity index is 1000. The van der Waals surface area contributed by atoms with Crippen molar-refractivity contribution in [1.82, 2.24) is 5.32 Å². The number of sulfone groups is 1. The normalized spacial score (nSPS) is 11.3. The Morgan fingerprint density at radius 2 is 1.67 bits per heavy atom. The lowest BCUT2D eigenvalue weighted by Crippen LogP contribution is -2.31. The van der Waals surface area contributed by atoms with E-state index >= 15 is 0 Å². The van der Waals surface area contributed by atoms with Crippen LogP contribution in [0.15, 0.2) is 41.3 Å². The van der Waals surface area contributed by atoms with E-state index in [2.05, 4.69) is 10.6 Å². The maximum Gasteiger partial charge on any atom is 0.255 e. The highest BCUT2D eigenvalue weighted by molar-refractivity contribution is 7.90. The summed E-state index contributed by atoms with van der Waals surface area (Å²) in [5, 5.41) is 5.78. The molecule has 0 atom stereocenters. The fourth-order valence-corrected chi connectivity index (χ4v) is 3.24. The van der Waals surface area contributed by atoms with Crippen LogP contribution in [0.4, 0.5) is 5.69 Å². The zero-order chi connectivity index (χ0) is 20.4. The van der Waals surface area contributed by atoms with Gasteiger partial charge in [0.2, 0.25) is 0 Å². The van der Waals surface area contributed by atoms with Crippen LogP contribution in [-0.4, -0.2) is 32.5 Å². The van der Waals surface area contributed by atoms with Crippen molar-refractivity contribution in [3.63, 3.8) is 0 Å². The standard InChI is InChI=1S/C19H21ClN2O4S/c1-11(2)21-18(23)15-8-6-13(20)9-17(15)22-19(24)16-10-14(27(4,25)26)7-5-12(16)3/h5-11H,1-4H3,(H,21,23)(H,22,24). The molecule has 8 heteroatoms. The van der Waals surface area contributed by atoms with E-state index in [9.17, 15) is 18.0 Å². The second kappa shape index (κ2) is 8.10. The van der Waals surface area contributed by atoms with Crippen molar-refractivity contribution in [2.75, 3.05) is 11.6 Å². The molecule has 0 spiro atoms. The lowest BCUT2D eigenvalue weighted by atomic mass is 10.1. The molecule has 27 heavy (non-hydrogen) atoms. The molecule has 0 saturated heterocycles. The van der Waals surface area contributed by atoms with Gasteiger partial charge >= 0.3 is 0 Å². The molecule has 2 aromatic carbocycles. The van der Waals surface area contributed by atoms with E-state index in [1.807, 2.05) is 13.8 Å². The topological polar surface area (TPSA) is 92.3 Å². The summed E-state index contributed by atoms with van der Waals surface area (Å²) in [6.45, 7) is 5.35. The molecule has 2 N–H and O–H groups in total. The monoisotopic (exact) mass is 408 g/mol. The first kappa shape index (κ1) is 20.9. The number of rotatable bonds is 5. The number of nitrogens with one attached hydrogen (secondary N) is 2. The van der Waals surface area contributed by atoms with Crippen molar-refractivity contribution in [2.45, 2.75) is 31.7 Å². The highest BCUT2D eigenvalue weighted by atomic mass is 35.5. The molecular formula is C19H21ClN2O4S. The molecule has 0 fully saturated rings. The third-order valence-corrected chi connectivity index (χ3v) is 5.12. The van der Waals surface area contributed by atoms with Gasteiger partial charge in [0, 0.05) is 22.9 Å². The number of hydrogen-bond acceptors (Lipinski definition) is 4.